The summed E-state index contributed by atoms with van der Waals surface area (Å²) in [5, 5.41) is 0. The zero-order valence-electron chi connectivity index (χ0n) is 13.9. The average Bonchev–Trinajstić information content (AvgIpc) is 2.56. The predicted molar refractivity (Wildman–Crippen MR) is 95.6 cm³/mol. The molecule has 0 aliphatic rings. The third-order valence-corrected chi connectivity index (χ3v) is 3.99. The molecule has 0 saturated carbocycles. The first-order chi connectivity index (χ1) is 10.8. The molecule has 0 aliphatic heterocycles. The molecular formula is C20H28N2. The van der Waals surface area contributed by atoms with Crippen LogP contribution < -0.4 is 5.73 Å². The van der Waals surface area contributed by atoms with Crippen molar-refractivity contribution in [3.05, 3.63) is 59.7 Å². The largest absolute Gasteiger partial charge is 0.326 e. The molecule has 0 fully saturated rings. The molecular weight excluding hydrogens is 268 g/mol. The SMILES string of the molecule is CCCN(CCC)Cc1ccc(-c2ccccc2CN)cc1. The van der Waals surface area contributed by atoms with Crippen LogP contribution in [0, 0.1) is 0 Å². The molecule has 0 radical (unpaired) electrons. The van der Waals surface area contributed by atoms with Crippen molar-refractivity contribution in [1.82, 2.24) is 4.90 Å². The first kappa shape index (κ1) is 16.7. The minimum Gasteiger partial charge on any atom is -0.326 e. The van der Waals surface area contributed by atoms with Crippen molar-refractivity contribution in [2.45, 2.75) is 39.8 Å². The van der Waals surface area contributed by atoms with Crippen LogP contribution in [-0.4, -0.2) is 18.0 Å². The van der Waals surface area contributed by atoms with Crippen LogP contribution >= 0.6 is 0 Å². The first-order valence-corrected chi connectivity index (χ1v) is 8.38. The van der Waals surface area contributed by atoms with Gasteiger partial charge in [-0.15, -0.1) is 0 Å². The van der Waals surface area contributed by atoms with Gasteiger partial charge in [-0.3, -0.25) is 4.90 Å². The van der Waals surface area contributed by atoms with Crippen LogP contribution in [0.15, 0.2) is 48.5 Å². The molecule has 2 nitrogen and oxygen atoms in total. The number of nitrogens with two attached hydrogens (primary N) is 1. The second-order valence-corrected chi connectivity index (χ2v) is 5.83. The lowest BCUT2D eigenvalue weighted by Gasteiger charge is -2.21. The van der Waals surface area contributed by atoms with E-state index in [1.807, 2.05) is 6.07 Å². The van der Waals surface area contributed by atoms with Gasteiger partial charge in [0.25, 0.3) is 0 Å². The monoisotopic (exact) mass is 296 g/mol. The standard InChI is InChI=1S/C20H28N2/c1-3-13-22(14-4-2)16-17-9-11-18(12-10-17)20-8-6-5-7-19(20)15-21/h5-12H,3-4,13-16,21H2,1-2H3. The summed E-state index contributed by atoms with van der Waals surface area (Å²) in [5.74, 6) is 0. The highest BCUT2D eigenvalue weighted by molar-refractivity contribution is 5.67. The number of benzene rings is 2. The van der Waals surface area contributed by atoms with Gasteiger partial charge in [-0.25, -0.2) is 0 Å². The maximum atomic E-state index is 5.84. The van der Waals surface area contributed by atoms with E-state index in [0.717, 1.165) is 6.54 Å². The normalized spacial score (nSPS) is 11.1. The smallest absolute Gasteiger partial charge is 0.0233 e. The Bertz CT molecular complexity index is 554. The molecule has 0 atom stereocenters. The fourth-order valence-corrected chi connectivity index (χ4v) is 2.93. The third-order valence-electron chi connectivity index (χ3n) is 3.99. The van der Waals surface area contributed by atoms with Gasteiger partial charge in [0.05, 0.1) is 0 Å². The van der Waals surface area contributed by atoms with E-state index >= 15 is 0 Å². The van der Waals surface area contributed by atoms with Gasteiger partial charge >= 0.3 is 0 Å². The van der Waals surface area contributed by atoms with Crippen molar-refractivity contribution in [2.75, 3.05) is 13.1 Å². The van der Waals surface area contributed by atoms with Crippen molar-refractivity contribution < 1.29 is 0 Å². The molecule has 0 aliphatic carbocycles. The highest BCUT2D eigenvalue weighted by Gasteiger charge is 2.06. The Labute approximate surface area is 135 Å². The van der Waals surface area contributed by atoms with Gasteiger partial charge in [0.15, 0.2) is 0 Å². The summed E-state index contributed by atoms with van der Waals surface area (Å²) in [7, 11) is 0. The van der Waals surface area contributed by atoms with E-state index in [1.165, 1.54) is 48.2 Å². The summed E-state index contributed by atoms with van der Waals surface area (Å²) in [5.41, 5.74) is 10.9. The molecule has 0 aromatic heterocycles. The minimum atomic E-state index is 0.582. The summed E-state index contributed by atoms with van der Waals surface area (Å²) in [6, 6.07) is 17.3. The van der Waals surface area contributed by atoms with Crippen LogP contribution in [0.25, 0.3) is 11.1 Å². The molecule has 2 N–H and O–H groups in total. The zero-order valence-corrected chi connectivity index (χ0v) is 13.9. The molecule has 118 valence electrons. The number of hydrogen-bond donors (Lipinski definition) is 1. The summed E-state index contributed by atoms with van der Waals surface area (Å²) in [6.45, 7) is 8.46. The van der Waals surface area contributed by atoms with Crippen LogP contribution in [0.2, 0.25) is 0 Å². The predicted octanol–water partition coefficient (Wildman–Crippen LogP) is 4.43. The van der Waals surface area contributed by atoms with E-state index in [1.54, 1.807) is 0 Å². The molecule has 22 heavy (non-hydrogen) atoms. The van der Waals surface area contributed by atoms with E-state index in [-0.39, 0.29) is 0 Å². The summed E-state index contributed by atoms with van der Waals surface area (Å²) >= 11 is 0. The highest BCUT2D eigenvalue weighted by Crippen LogP contribution is 2.24. The number of hydrogen-bond acceptors (Lipinski definition) is 2. The molecule has 0 spiro atoms. The molecule has 2 rings (SSSR count). The summed E-state index contributed by atoms with van der Waals surface area (Å²) in [4.78, 5) is 2.53. The zero-order chi connectivity index (χ0) is 15.8. The van der Waals surface area contributed by atoms with Crippen molar-refractivity contribution in [1.29, 1.82) is 0 Å². The van der Waals surface area contributed by atoms with Gasteiger partial charge in [0.2, 0.25) is 0 Å². The first-order valence-electron chi connectivity index (χ1n) is 8.38. The Morgan fingerprint density at radius 2 is 1.50 bits per heavy atom. The van der Waals surface area contributed by atoms with Gasteiger partial charge in [-0.2, -0.15) is 0 Å². The molecule has 0 saturated heterocycles. The second-order valence-electron chi connectivity index (χ2n) is 5.83. The second kappa shape index (κ2) is 8.72. The van der Waals surface area contributed by atoms with Crippen molar-refractivity contribution >= 4 is 0 Å². The quantitative estimate of drug-likeness (QED) is 0.780. The van der Waals surface area contributed by atoms with Gasteiger partial charge in [0.1, 0.15) is 0 Å². The maximum Gasteiger partial charge on any atom is 0.0233 e. The van der Waals surface area contributed by atoms with Crippen LogP contribution in [-0.2, 0) is 13.1 Å². The molecule has 0 unspecified atom stereocenters. The van der Waals surface area contributed by atoms with E-state index in [4.69, 9.17) is 5.73 Å². The lowest BCUT2D eigenvalue weighted by Crippen LogP contribution is -2.24. The van der Waals surface area contributed by atoms with Gasteiger partial charge in [-0.1, -0.05) is 62.4 Å². The highest BCUT2D eigenvalue weighted by atomic mass is 15.1. The third kappa shape index (κ3) is 4.43. The topological polar surface area (TPSA) is 29.3 Å². The fraction of sp³-hybridized carbons (Fsp3) is 0.400. The van der Waals surface area contributed by atoms with Crippen LogP contribution in [0.3, 0.4) is 0 Å². The van der Waals surface area contributed by atoms with Crippen molar-refractivity contribution in [3.63, 3.8) is 0 Å². The molecule has 0 heterocycles. The molecule has 0 amide bonds. The van der Waals surface area contributed by atoms with Crippen molar-refractivity contribution in [2.24, 2.45) is 5.73 Å². The van der Waals surface area contributed by atoms with Crippen LogP contribution in [0.4, 0.5) is 0 Å². The Hall–Kier alpha value is -1.64. The Kier molecular flexibility index (Phi) is 6.63. The van der Waals surface area contributed by atoms with Crippen molar-refractivity contribution in [3.8, 4) is 11.1 Å². The van der Waals surface area contributed by atoms with E-state index in [9.17, 15) is 0 Å². The number of nitrogens with zero attached hydrogens (tertiary/aromatic N) is 1. The average molecular weight is 296 g/mol. The Balaban J connectivity index is 2.12. The lowest BCUT2D eigenvalue weighted by molar-refractivity contribution is 0.266. The van der Waals surface area contributed by atoms with E-state index in [2.05, 4.69) is 61.2 Å². The van der Waals surface area contributed by atoms with Crippen LogP contribution in [0.1, 0.15) is 37.8 Å². The van der Waals surface area contributed by atoms with Gasteiger partial charge in [0, 0.05) is 13.1 Å². The number of rotatable bonds is 8. The Morgan fingerprint density at radius 1 is 0.864 bits per heavy atom. The van der Waals surface area contributed by atoms with Gasteiger partial charge < -0.3 is 5.73 Å². The van der Waals surface area contributed by atoms with Gasteiger partial charge in [-0.05, 0) is 48.2 Å². The molecule has 2 aromatic rings. The van der Waals surface area contributed by atoms with E-state index in [0.29, 0.717) is 6.54 Å². The Morgan fingerprint density at radius 3 is 2.09 bits per heavy atom. The van der Waals surface area contributed by atoms with Crippen LogP contribution in [0.5, 0.6) is 0 Å². The lowest BCUT2D eigenvalue weighted by atomic mass is 9.98. The maximum absolute atomic E-state index is 5.84. The molecule has 0 bridgehead atoms. The van der Waals surface area contributed by atoms with E-state index < -0.39 is 0 Å². The summed E-state index contributed by atoms with van der Waals surface area (Å²) in [6.07, 6.45) is 2.42. The summed E-state index contributed by atoms with van der Waals surface area (Å²) < 4.78 is 0. The fourth-order valence-electron chi connectivity index (χ4n) is 2.93. The molecule has 2 aromatic carbocycles. The molecule has 2 heteroatoms. The minimum absolute atomic E-state index is 0.582.